The van der Waals surface area contributed by atoms with Crippen molar-refractivity contribution in [1.29, 1.82) is 0 Å². The van der Waals surface area contributed by atoms with Crippen LogP contribution in [0.5, 0.6) is 0 Å². The summed E-state index contributed by atoms with van der Waals surface area (Å²) in [6.07, 6.45) is 4.25. The fraction of sp³-hybridized carbons (Fsp3) is 0.929. The Bertz CT molecular complexity index is 315. The van der Waals surface area contributed by atoms with Gasteiger partial charge in [0.25, 0.3) is 5.91 Å². The minimum absolute atomic E-state index is 0.133. The third-order valence-corrected chi connectivity index (χ3v) is 5.02. The van der Waals surface area contributed by atoms with E-state index in [0.717, 1.165) is 19.5 Å². The quantitative estimate of drug-likeness (QED) is 0.828. The summed E-state index contributed by atoms with van der Waals surface area (Å²) in [4.78, 5) is 14.5. The molecule has 1 heterocycles. The number of amides is 1. The minimum Gasteiger partial charge on any atom is -0.369 e. The molecule has 0 bridgehead atoms. The zero-order chi connectivity index (χ0) is 13.3. The van der Waals surface area contributed by atoms with E-state index in [-0.39, 0.29) is 11.9 Å². The molecular weight excluding hydrogens is 228 g/mol. The Labute approximate surface area is 110 Å². The first-order valence-electron chi connectivity index (χ1n) is 7.12. The first kappa shape index (κ1) is 13.8. The van der Waals surface area contributed by atoms with E-state index < -0.39 is 5.60 Å². The van der Waals surface area contributed by atoms with Crippen molar-refractivity contribution in [3.05, 3.63) is 0 Å². The Balaban J connectivity index is 2.06. The molecule has 0 aromatic rings. The average Bonchev–Trinajstić information content (AvgIpc) is 2.82. The van der Waals surface area contributed by atoms with Gasteiger partial charge in [-0.05, 0) is 38.0 Å². The Morgan fingerprint density at radius 2 is 2.17 bits per heavy atom. The van der Waals surface area contributed by atoms with Crippen LogP contribution in [0.4, 0.5) is 0 Å². The molecule has 2 fully saturated rings. The highest BCUT2D eigenvalue weighted by atomic mass is 16.5. The first-order chi connectivity index (χ1) is 8.51. The van der Waals surface area contributed by atoms with Gasteiger partial charge in [-0.3, -0.25) is 4.79 Å². The van der Waals surface area contributed by atoms with E-state index in [1.807, 2.05) is 18.7 Å². The SMILES string of the molecule is CCC(C)(OC)C(=O)N1CC2CCCC(N)C2C1. The maximum absolute atomic E-state index is 12.5. The van der Waals surface area contributed by atoms with E-state index >= 15 is 0 Å². The van der Waals surface area contributed by atoms with Gasteiger partial charge in [0.1, 0.15) is 5.60 Å². The number of methoxy groups -OCH3 is 1. The number of nitrogens with zero attached hydrogens (tertiary/aromatic N) is 1. The van der Waals surface area contributed by atoms with Crippen LogP contribution in [0.3, 0.4) is 0 Å². The monoisotopic (exact) mass is 254 g/mol. The second-order valence-electron chi connectivity index (χ2n) is 6.02. The van der Waals surface area contributed by atoms with Gasteiger partial charge >= 0.3 is 0 Å². The average molecular weight is 254 g/mol. The Hall–Kier alpha value is -0.610. The fourth-order valence-corrected chi connectivity index (χ4v) is 3.40. The number of hydrogen-bond acceptors (Lipinski definition) is 3. The van der Waals surface area contributed by atoms with Crippen LogP contribution in [0.2, 0.25) is 0 Å². The lowest BCUT2D eigenvalue weighted by atomic mass is 9.78. The summed E-state index contributed by atoms with van der Waals surface area (Å²) in [5, 5.41) is 0. The van der Waals surface area contributed by atoms with Crippen molar-refractivity contribution in [2.24, 2.45) is 17.6 Å². The summed E-state index contributed by atoms with van der Waals surface area (Å²) < 4.78 is 5.42. The van der Waals surface area contributed by atoms with Crippen LogP contribution in [0.25, 0.3) is 0 Å². The van der Waals surface area contributed by atoms with Crippen LogP contribution in [0, 0.1) is 11.8 Å². The molecule has 0 radical (unpaired) electrons. The molecule has 18 heavy (non-hydrogen) atoms. The number of carbonyl (C=O) groups is 1. The van der Waals surface area contributed by atoms with Crippen molar-refractivity contribution in [3.63, 3.8) is 0 Å². The van der Waals surface area contributed by atoms with Crippen molar-refractivity contribution in [2.75, 3.05) is 20.2 Å². The fourth-order valence-electron chi connectivity index (χ4n) is 3.40. The Morgan fingerprint density at radius 1 is 1.44 bits per heavy atom. The first-order valence-corrected chi connectivity index (χ1v) is 7.12. The lowest BCUT2D eigenvalue weighted by molar-refractivity contribution is -0.152. The number of fused-ring (bicyclic) bond motifs is 1. The highest BCUT2D eigenvalue weighted by Crippen LogP contribution is 2.36. The second kappa shape index (κ2) is 5.17. The summed E-state index contributed by atoms with van der Waals surface area (Å²) in [5.41, 5.74) is 5.52. The third kappa shape index (κ3) is 2.28. The summed E-state index contributed by atoms with van der Waals surface area (Å²) in [5.74, 6) is 1.24. The highest BCUT2D eigenvalue weighted by Gasteiger charge is 2.44. The molecule has 4 atom stereocenters. The number of likely N-dealkylation sites (tertiary alicyclic amines) is 1. The van der Waals surface area contributed by atoms with Crippen LogP contribution in [0.15, 0.2) is 0 Å². The number of rotatable bonds is 3. The van der Waals surface area contributed by atoms with Crippen LogP contribution in [-0.2, 0) is 9.53 Å². The molecule has 1 aliphatic carbocycles. The molecule has 0 aromatic heterocycles. The number of ether oxygens (including phenoxy) is 1. The third-order valence-electron chi connectivity index (χ3n) is 5.02. The number of nitrogens with two attached hydrogens (primary N) is 1. The van der Waals surface area contributed by atoms with E-state index in [0.29, 0.717) is 18.3 Å². The largest absolute Gasteiger partial charge is 0.369 e. The van der Waals surface area contributed by atoms with E-state index in [1.54, 1.807) is 7.11 Å². The summed E-state index contributed by atoms with van der Waals surface area (Å²) >= 11 is 0. The lowest BCUT2D eigenvalue weighted by Gasteiger charge is -2.31. The van der Waals surface area contributed by atoms with Crippen molar-refractivity contribution in [2.45, 2.75) is 51.2 Å². The normalized spacial score (nSPS) is 35.1. The summed E-state index contributed by atoms with van der Waals surface area (Å²) in [7, 11) is 1.62. The minimum atomic E-state index is -0.669. The molecule has 4 nitrogen and oxygen atoms in total. The van der Waals surface area contributed by atoms with Gasteiger partial charge in [-0.25, -0.2) is 0 Å². The van der Waals surface area contributed by atoms with Crippen LogP contribution < -0.4 is 5.73 Å². The number of hydrogen-bond donors (Lipinski definition) is 1. The van der Waals surface area contributed by atoms with Gasteiger partial charge in [0.2, 0.25) is 0 Å². The Morgan fingerprint density at radius 3 is 2.72 bits per heavy atom. The number of carbonyl (C=O) groups excluding carboxylic acids is 1. The second-order valence-corrected chi connectivity index (χ2v) is 6.02. The van der Waals surface area contributed by atoms with E-state index in [1.165, 1.54) is 12.8 Å². The maximum atomic E-state index is 12.5. The molecular formula is C14H26N2O2. The summed E-state index contributed by atoms with van der Waals surface area (Å²) in [6, 6.07) is 0.275. The molecule has 2 aliphatic rings. The van der Waals surface area contributed by atoms with Crippen molar-refractivity contribution < 1.29 is 9.53 Å². The molecule has 1 aliphatic heterocycles. The van der Waals surface area contributed by atoms with Gasteiger partial charge < -0.3 is 15.4 Å². The predicted molar refractivity (Wildman–Crippen MR) is 71.1 cm³/mol. The van der Waals surface area contributed by atoms with Crippen LogP contribution in [0.1, 0.15) is 39.5 Å². The molecule has 1 saturated carbocycles. The molecule has 0 spiro atoms. The van der Waals surface area contributed by atoms with E-state index in [9.17, 15) is 4.79 Å². The van der Waals surface area contributed by atoms with Crippen LogP contribution >= 0.6 is 0 Å². The van der Waals surface area contributed by atoms with Gasteiger partial charge in [-0.15, -0.1) is 0 Å². The smallest absolute Gasteiger partial charge is 0.254 e. The Kier molecular flexibility index (Phi) is 3.97. The zero-order valence-corrected chi connectivity index (χ0v) is 11.8. The molecule has 104 valence electrons. The highest BCUT2D eigenvalue weighted by molar-refractivity contribution is 5.85. The predicted octanol–water partition coefficient (Wildman–Crippen LogP) is 1.39. The molecule has 1 saturated heterocycles. The molecule has 2 N–H and O–H groups in total. The van der Waals surface area contributed by atoms with Gasteiger partial charge in [-0.2, -0.15) is 0 Å². The van der Waals surface area contributed by atoms with Gasteiger partial charge in [-0.1, -0.05) is 13.3 Å². The van der Waals surface area contributed by atoms with Gasteiger partial charge in [0, 0.05) is 26.2 Å². The molecule has 4 unspecified atom stereocenters. The van der Waals surface area contributed by atoms with Crippen molar-refractivity contribution in [1.82, 2.24) is 4.90 Å². The molecule has 1 amide bonds. The molecule has 4 heteroatoms. The van der Waals surface area contributed by atoms with Gasteiger partial charge in [0.05, 0.1) is 0 Å². The van der Waals surface area contributed by atoms with Crippen molar-refractivity contribution >= 4 is 5.91 Å². The van der Waals surface area contributed by atoms with E-state index in [2.05, 4.69) is 0 Å². The maximum Gasteiger partial charge on any atom is 0.254 e. The molecule has 2 rings (SSSR count). The van der Waals surface area contributed by atoms with E-state index in [4.69, 9.17) is 10.5 Å². The van der Waals surface area contributed by atoms with Crippen molar-refractivity contribution in [3.8, 4) is 0 Å². The summed E-state index contributed by atoms with van der Waals surface area (Å²) in [6.45, 7) is 5.58. The van der Waals surface area contributed by atoms with Gasteiger partial charge in [0.15, 0.2) is 0 Å². The lowest BCUT2D eigenvalue weighted by Crippen LogP contribution is -2.47. The molecule has 0 aromatic carbocycles. The van der Waals surface area contributed by atoms with Crippen LogP contribution in [-0.4, -0.2) is 42.6 Å². The topological polar surface area (TPSA) is 55.6 Å². The standard InChI is InChI=1S/C14H26N2O2/c1-4-14(2,18-3)13(17)16-8-10-6-5-7-12(15)11(10)9-16/h10-12H,4-9,15H2,1-3H3. The zero-order valence-electron chi connectivity index (χ0n) is 11.8.